The third kappa shape index (κ3) is 4.07. The van der Waals surface area contributed by atoms with Crippen molar-refractivity contribution < 1.29 is 23.2 Å². The first-order valence-electron chi connectivity index (χ1n) is 7.27. The number of nitro benzene ring substituents is 1. The number of hydrogen-bond donors (Lipinski definition) is 0. The average Bonchev–Trinajstić information content (AvgIpc) is 2.60. The second kappa shape index (κ2) is 7.37. The van der Waals surface area contributed by atoms with Crippen LogP contribution in [0.2, 0.25) is 5.02 Å². The maximum atomic E-state index is 13.2. The summed E-state index contributed by atoms with van der Waals surface area (Å²) >= 11 is 5.94. The number of non-ortho nitro benzene ring substituents is 1. The van der Waals surface area contributed by atoms with Crippen molar-refractivity contribution in [1.29, 1.82) is 0 Å². The number of benzene rings is 3. The van der Waals surface area contributed by atoms with Gasteiger partial charge in [-0.1, -0.05) is 11.6 Å². The van der Waals surface area contributed by atoms with E-state index in [-0.39, 0.29) is 33.7 Å². The van der Waals surface area contributed by atoms with Gasteiger partial charge in [0.05, 0.1) is 16.0 Å². The van der Waals surface area contributed by atoms with Crippen molar-refractivity contribution in [2.75, 3.05) is 0 Å². The maximum absolute atomic E-state index is 13.2. The van der Waals surface area contributed by atoms with Crippen LogP contribution in [0.25, 0.3) is 0 Å². The molecule has 0 spiro atoms. The third-order valence-electron chi connectivity index (χ3n) is 3.29. The van der Waals surface area contributed by atoms with Gasteiger partial charge in [0.2, 0.25) is 0 Å². The lowest BCUT2D eigenvalue weighted by atomic mass is 10.2. The molecule has 3 aromatic rings. The highest BCUT2D eigenvalue weighted by atomic mass is 35.5. The Balaban J connectivity index is 1.97. The molecule has 5 nitrogen and oxygen atoms in total. The second-order valence-electron chi connectivity index (χ2n) is 5.12. The van der Waals surface area contributed by atoms with Gasteiger partial charge in [-0.05, 0) is 48.5 Å². The van der Waals surface area contributed by atoms with E-state index >= 15 is 0 Å². The topological polar surface area (TPSA) is 61.6 Å². The predicted molar refractivity (Wildman–Crippen MR) is 91.1 cm³/mol. The highest BCUT2D eigenvalue weighted by Crippen LogP contribution is 2.39. The summed E-state index contributed by atoms with van der Waals surface area (Å²) < 4.78 is 37.4. The molecule has 0 radical (unpaired) electrons. The van der Waals surface area contributed by atoms with E-state index < -0.39 is 16.6 Å². The molecule has 0 saturated carbocycles. The van der Waals surface area contributed by atoms with Crippen LogP contribution in [0.5, 0.6) is 23.0 Å². The van der Waals surface area contributed by atoms with Gasteiger partial charge in [-0.3, -0.25) is 10.1 Å². The third-order valence-corrected chi connectivity index (χ3v) is 3.59. The molecule has 26 heavy (non-hydrogen) atoms. The zero-order chi connectivity index (χ0) is 18.7. The fourth-order valence-electron chi connectivity index (χ4n) is 2.08. The van der Waals surface area contributed by atoms with Crippen molar-refractivity contribution in [3.8, 4) is 23.0 Å². The Labute approximate surface area is 151 Å². The summed E-state index contributed by atoms with van der Waals surface area (Å²) in [6.45, 7) is 0. The quantitative estimate of drug-likeness (QED) is 0.397. The number of nitro groups is 1. The maximum Gasteiger partial charge on any atom is 0.273 e. The van der Waals surface area contributed by atoms with Crippen molar-refractivity contribution in [1.82, 2.24) is 0 Å². The summed E-state index contributed by atoms with van der Waals surface area (Å²) in [5.41, 5.74) is -0.223. The summed E-state index contributed by atoms with van der Waals surface area (Å²) in [7, 11) is 0. The number of rotatable bonds is 5. The highest BCUT2D eigenvalue weighted by molar-refractivity contribution is 6.32. The Bertz CT molecular complexity index is 964. The first-order chi connectivity index (χ1) is 12.4. The van der Waals surface area contributed by atoms with Gasteiger partial charge in [0, 0.05) is 6.07 Å². The van der Waals surface area contributed by atoms with Crippen molar-refractivity contribution in [2.24, 2.45) is 0 Å². The molecule has 0 bridgehead atoms. The standard InChI is InChI=1S/C18H10ClF2NO4/c19-15-9-12(21)3-7-16(15)26-17-8-4-13(22(23)24)10-18(17)25-14-5-1-11(20)2-6-14/h1-10H. The summed E-state index contributed by atoms with van der Waals surface area (Å²) in [4.78, 5) is 10.4. The largest absolute Gasteiger partial charge is 0.453 e. The molecule has 8 heteroatoms. The summed E-state index contributed by atoms with van der Waals surface area (Å²) in [5.74, 6) is -0.452. The summed E-state index contributed by atoms with van der Waals surface area (Å²) in [5, 5.41) is 11.0. The fraction of sp³-hybridized carbons (Fsp3) is 0. The van der Waals surface area contributed by atoms with E-state index in [1.54, 1.807) is 0 Å². The monoisotopic (exact) mass is 377 g/mol. The number of ether oxygens (including phenoxy) is 2. The minimum Gasteiger partial charge on any atom is -0.453 e. The molecule has 132 valence electrons. The molecule has 0 fully saturated rings. The molecule has 0 N–H and O–H groups in total. The molecule has 0 aliphatic rings. The zero-order valence-corrected chi connectivity index (χ0v) is 13.7. The minimum atomic E-state index is -0.591. The van der Waals surface area contributed by atoms with E-state index in [0.717, 1.165) is 18.2 Å². The summed E-state index contributed by atoms with van der Waals surface area (Å²) in [6, 6.07) is 12.4. The Morgan fingerprint density at radius 2 is 1.46 bits per heavy atom. The van der Waals surface area contributed by atoms with E-state index in [1.807, 2.05) is 0 Å². The smallest absolute Gasteiger partial charge is 0.273 e. The Kier molecular flexibility index (Phi) is 4.99. The molecular weight excluding hydrogens is 368 g/mol. The predicted octanol–water partition coefficient (Wildman–Crippen LogP) is 6.11. The molecule has 3 aromatic carbocycles. The minimum absolute atomic E-state index is 0.0196. The Morgan fingerprint density at radius 3 is 2.12 bits per heavy atom. The van der Waals surface area contributed by atoms with Gasteiger partial charge in [0.1, 0.15) is 23.1 Å². The van der Waals surface area contributed by atoms with Crippen LogP contribution in [0.1, 0.15) is 0 Å². The molecule has 0 aliphatic heterocycles. The van der Waals surface area contributed by atoms with Crippen LogP contribution in [-0.2, 0) is 0 Å². The molecule has 0 amide bonds. The van der Waals surface area contributed by atoms with Crippen molar-refractivity contribution in [3.63, 3.8) is 0 Å². The Hall–Kier alpha value is -3.19. The van der Waals surface area contributed by atoms with E-state index in [1.165, 1.54) is 42.5 Å². The molecular formula is C18H10ClF2NO4. The Morgan fingerprint density at radius 1 is 0.808 bits per heavy atom. The number of nitrogens with zero attached hydrogens (tertiary/aromatic N) is 1. The van der Waals surface area contributed by atoms with Crippen LogP contribution in [0.4, 0.5) is 14.5 Å². The van der Waals surface area contributed by atoms with Gasteiger partial charge in [0.25, 0.3) is 5.69 Å². The van der Waals surface area contributed by atoms with E-state index in [9.17, 15) is 18.9 Å². The van der Waals surface area contributed by atoms with Crippen molar-refractivity contribution in [2.45, 2.75) is 0 Å². The highest BCUT2D eigenvalue weighted by Gasteiger charge is 2.16. The summed E-state index contributed by atoms with van der Waals surface area (Å²) in [6.07, 6.45) is 0. The normalized spacial score (nSPS) is 10.4. The van der Waals surface area contributed by atoms with Gasteiger partial charge >= 0.3 is 0 Å². The van der Waals surface area contributed by atoms with Crippen LogP contribution in [0.15, 0.2) is 60.7 Å². The van der Waals surface area contributed by atoms with Gasteiger partial charge in [-0.25, -0.2) is 8.78 Å². The van der Waals surface area contributed by atoms with Crippen molar-refractivity contribution >= 4 is 17.3 Å². The lowest BCUT2D eigenvalue weighted by Crippen LogP contribution is -1.94. The van der Waals surface area contributed by atoms with Gasteiger partial charge in [0.15, 0.2) is 11.5 Å². The molecule has 3 rings (SSSR count). The van der Waals surface area contributed by atoms with Gasteiger partial charge in [-0.15, -0.1) is 0 Å². The van der Waals surface area contributed by atoms with Crippen LogP contribution in [-0.4, -0.2) is 4.92 Å². The second-order valence-corrected chi connectivity index (χ2v) is 5.53. The number of hydrogen-bond acceptors (Lipinski definition) is 4. The SMILES string of the molecule is O=[N+]([O-])c1ccc(Oc2ccc(F)cc2Cl)c(Oc2ccc(F)cc2)c1. The van der Waals surface area contributed by atoms with Gasteiger partial charge in [-0.2, -0.15) is 0 Å². The molecule has 0 heterocycles. The van der Waals surface area contributed by atoms with Gasteiger partial charge < -0.3 is 9.47 Å². The molecule has 0 aliphatic carbocycles. The van der Waals surface area contributed by atoms with E-state index in [0.29, 0.717) is 0 Å². The van der Waals surface area contributed by atoms with E-state index in [4.69, 9.17) is 21.1 Å². The lowest BCUT2D eigenvalue weighted by Gasteiger charge is -2.13. The molecule has 0 aromatic heterocycles. The van der Waals surface area contributed by atoms with Crippen LogP contribution < -0.4 is 9.47 Å². The van der Waals surface area contributed by atoms with Crippen LogP contribution >= 0.6 is 11.6 Å². The van der Waals surface area contributed by atoms with E-state index in [2.05, 4.69) is 0 Å². The van der Waals surface area contributed by atoms with Crippen molar-refractivity contribution in [3.05, 3.63) is 87.4 Å². The first kappa shape index (κ1) is 17.6. The average molecular weight is 378 g/mol. The molecule has 0 atom stereocenters. The molecule has 0 unspecified atom stereocenters. The zero-order valence-electron chi connectivity index (χ0n) is 13.0. The fourth-order valence-corrected chi connectivity index (χ4v) is 2.29. The van der Waals surface area contributed by atoms with Crippen LogP contribution in [0, 0.1) is 21.7 Å². The molecule has 0 saturated heterocycles. The lowest BCUT2D eigenvalue weighted by molar-refractivity contribution is -0.384. The first-order valence-corrected chi connectivity index (χ1v) is 7.65. The number of halogens is 3. The van der Waals surface area contributed by atoms with Crippen LogP contribution in [0.3, 0.4) is 0 Å².